The van der Waals surface area contributed by atoms with E-state index in [-0.39, 0.29) is 5.91 Å². The van der Waals surface area contributed by atoms with E-state index in [4.69, 9.17) is 0 Å². The van der Waals surface area contributed by atoms with Crippen LogP contribution in [-0.4, -0.2) is 25.0 Å². The van der Waals surface area contributed by atoms with Gasteiger partial charge in [-0.05, 0) is 43.6 Å². The van der Waals surface area contributed by atoms with Crippen molar-refractivity contribution in [3.63, 3.8) is 0 Å². The van der Waals surface area contributed by atoms with Crippen LogP contribution in [0.4, 0.5) is 0 Å². The Morgan fingerprint density at radius 2 is 2.12 bits per heavy atom. The molecule has 3 heteroatoms. The summed E-state index contributed by atoms with van der Waals surface area (Å²) >= 11 is 0. The van der Waals surface area contributed by atoms with Crippen molar-refractivity contribution in [2.75, 3.05) is 13.1 Å². The summed E-state index contributed by atoms with van der Waals surface area (Å²) in [5.74, 6) is 2.34. The van der Waals surface area contributed by atoms with Crippen molar-refractivity contribution in [1.82, 2.24) is 10.6 Å². The Balaban J connectivity index is 1.73. The lowest BCUT2D eigenvalue weighted by Gasteiger charge is -2.30. The van der Waals surface area contributed by atoms with Gasteiger partial charge in [-0.1, -0.05) is 20.3 Å². The van der Waals surface area contributed by atoms with Crippen molar-refractivity contribution in [3.8, 4) is 0 Å². The summed E-state index contributed by atoms with van der Waals surface area (Å²) < 4.78 is 0. The molecule has 2 fully saturated rings. The second kappa shape index (κ2) is 5.85. The van der Waals surface area contributed by atoms with Gasteiger partial charge in [-0.2, -0.15) is 0 Å². The van der Waals surface area contributed by atoms with Gasteiger partial charge in [-0.25, -0.2) is 0 Å². The highest BCUT2D eigenvalue weighted by Gasteiger charge is 2.26. The molecule has 4 unspecified atom stereocenters. The van der Waals surface area contributed by atoms with E-state index < -0.39 is 0 Å². The summed E-state index contributed by atoms with van der Waals surface area (Å²) in [6.07, 6.45) is 5.71. The molecule has 2 rings (SSSR count). The van der Waals surface area contributed by atoms with Crippen LogP contribution in [0, 0.1) is 17.8 Å². The minimum Gasteiger partial charge on any atom is -0.352 e. The van der Waals surface area contributed by atoms with Crippen LogP contribution in [0.5, 0.6) is 0 Å². The lowest BCUT2D eigenvalue weighted by molar-refractivity contribution is -0.123. The third-order valence-corrected chi connectivity index (χ3v) is 4.45. The fourth-order valence-corrected chi connectivity index (χ4v) is 3.22. The summed E-state index contributed by atoms with van der Waals surface area (Å²) in [7, 11) is 0. The molecular weight excluding hydrogens is 212 g/mol. The Labute approximate surface area is 105 Å². The molecule has 1 saturated heterocycles. The minimum absolute atomic E-state index is 0.268. The average molecular weight is 238 g/mol. The Hall–Kier alpha value is -0.570. The summed E-state index contributed by atoms with van der Waals surface area (Å²) in [5.41, 5.74) is 0. The molecular formula is C14H26N2O. The summed E-state index contributed by atoms with van der Waals surface area (Å²) in [6, 6.07) is 0.343. The smallest absolute Gasteiger partial charge is 0.220 e. The molecule has 3 nitrogen and oxygen atoms in total. The molecule has 1 aliphatic heterocycles. The molecule has 0 spiro atoms. The first-order valence-electron chi connectivity index (χ1n) is 7.15. The molecule has 0 radical (unpaired) electrons. The van der Waals surface area contributed by atoms with Crippen LogP contribution in [0.2, 0.25) is 0 Å². The standard InChI is InChI=1S/C14H26N2O/c1-10-3-4-12(7-10)8-14(17)16-13-9-15-6-5-11(13)2/h10-13,15H,3-9H2,1-2H3,(H,16,17). The lowest BCUT2D eigenvalue weighted by atomic mass is 9.94. The van der Waals surface area contributed by atoms with Crippen LogP contribution in [0.1, 0.15) is 46.0 Å². The number of hydrogen-bond acceptors (Lipinski definition) is 2. The fourth-order valence-electron chi connectivity index (χ4n) is 3.22. The summed E-state index contributed by atoms with van der Waals surface area (Å²) in [5, 5.41) is 6.57. The topological polar surface area (TPSA) is 41.1 Å². The molecule has 98 valence electrons. The first-order valence-corrected chi connectivity index (χ1v) is 7.15. The zero-order chi connectivity index (χ0) is 12.3. The van der Waals surface area contributed by atoms with Gasteiger partial charge >= 0.3 is 0 Å². The maximum Gasteiger partial charge on any atom is 0.220 e. The van der Waals surface area contributed by atoms with E-state index in [2.05, 4.69) is 24.5 Å². The Bertz CT molecular complexity index is 267. The van der Waals surface area contributed by atoms with Gasteiger partial charge in [-0.3, -0.25) is 4.79 Å². The Morgan fingerprint density at radius 3 is 2.76 bits per heavy atom. The zero-order valence-electron chi connectivity index (χ0n) is 11.2. The Kier molecular flexibility index (Phi) is 4.43. The van der Waals surface area contributed by atoms with Crippen LogP contribution in [-0.2, 0) is 4.79 Å². The SMILES string of the molecule is CC1CCC(CC(=O)NC2CNCCC2C)C1. The number of carbonyl (C=O) groups is 1. The van der Waals surface area contributed by atoms with Crippen molar-refractivity contribution >= 4 is 5.91 Å². The first kappa shape index (κ1) is 12.9. The zero-order valence-corrected chi connectivity index (χ0v) is 11.2. The minimum atomic E-state index is 0.268. The monoisotopic (exact) mass is 238 g/mol. The second-order valence-electron chi connectivity index (χ2n) is 6.13. The predicted octanol–water partition coefficient (Wildman–Crippen LogP) is 1.93. The van der Waals surface area contributed by atoms with Gasteiger partial charge < -0.3 is 10.6 Å². The normalized spacial score (nSPS) is 38.0. The van der Waals surface area contributed by atoms with E-state index in [9.17, 15) is 4.79 Å². The van der Waals surface area contributed by atoms with Crippen molar-refractivity contribution in [2.24, 2.45) is 17.8 Å². The van der Waals surface area contributed by atoms with E-state index in [1.807, 2.05) is 0 Å². The largest absolute Gasteiger partial charge is 0.352 e. The van der Waals surface area contributed by atoms with Gasteiger partial charge in [-0.15, -0.1) is 0 Å². The number of nitrogens with one attached hydrogen (secondary N) is 2. The van der Waals surface area contributed by atoms with Crippen LogP contribution < -0.4 is 10.6 Å². The third-order valence-electron chi connectivity index (χ3n) is 4.45. The molecule has 1 saturated carbocycles. The molecule has 0 aromatic heterocycles. The molecule has 17 heavy (non-hydrogen) atoms. The highest BCUT2D eigenvalue weighted by molar-refractivity contribution is 5.76. The molecule has 2 N–H and O–H groups in total. The average Bonchev–Trinajstić information content (AvgIpc) is 2.67. The lowest BCUT2D eigenvalue weighted by Crippen LogP contribution is -2.50. The number of hydrogen-bond donors (Lipinski definition) is 2. The molecule has 0 aromatic carbocycles. The molecule has 4 atom stereocenters. The van der Waals surface area contributed by atoms with Gasteiger partial charge in [0.1, 0.15) is 0 Å². The number of rotatable bonds is 3. The van der Waals surface area contributed by atoms with Crippen molar-refractivity contribution in [3.05, 3.63) is 0 Å². The van der Waals surface area contributed by atoms with Gasteiger partial charge in [0.2, 0.25) is 5.91 Å². The van der Waals surface area contributed by atoms with Gasteiger partial charge in [0.05, 0.1) is 0 Å². The number of piperidine rings is 1. The van der Waals surface area contributed by atoms with E-state index in [1.54, 1.807) is 0 Å². The summed E-state index contributed by atoms with van der Waals surface area (Å²) in [4.78, 5) is 12.0. The van der Waals surface area contributed by atoms with Gasteiger partial charge in [0.25, 0.3) is 0 Å². The first-order chi connectivity index (χ1) is 8.15. The van der Waals surface area contributed by atoms with Crippen LogP contribution in [0.25, 0.3) is 0 Å². The molecule has 1 aliphatic carbocycles. The van der Waals surface area contributed by atoms with Crippen LogP contribution >= 0.6 is 0 Å². The van der Waals surface area contributed by atoms with E-state index >= 15 is 0 Å². The molecule has 1 heterocycles. The quantitative estimate of drug-likeness (QED) is 0.789. The molecule has 1 amide bonds. The maximum atomic E-state index is 12.0. The van der Waals surface area contributed by atoms with Crippen molar-refractivity contribution in [1.29, 1.82) is 0 Å². The Morgan fingerprint density at radius 1 is 1.29 bits per heavy atom. The number of carbonyl (C=O) groups excluding carboxylic acids is 1. The van der Waals surface area contributed by atoms with E-state index in [0.717, 1.165) is 25.4 Å². The molecule has 0 bridgehead atoms. The highest BCUT2D eigenvalue weighted by atomic mass is 16.1. The van der Waals surface area contributed by atoms with Crippen LogP contribution in [0.15, 0.2) is 0 Å². The van der Waals surface area contributed by atoms with E-state index in [1.165, 1.54) is 25.7 Å². The summed E-state index contributed by atoms with van der Waals surface area (Å²) in [6.45, 7) is 6.57. The van der Waals surface area contributed by atoms with Crippen molar-refractivity contribution in [2.45, 2.75) is 52.0 Å². The maximum absolute atomic E-state index is 12.0. The predicted molar refractivity (Wildman–Crippen MR) is 69.7 cm³/mol. The third kappa shape index (κ3) is 3.70. The van der Waals surface area contributed by atoms with Gasteiger partial charge in [0, 0.05) is 19.0 Å². The van der Waals surface area contributed by atoms with Crippen molar-refractivity contribution < 1.29 is 4.79 Å². The highest BCUT2D eigenvalue weighted by Crippen LogP contribution is 2.32. The second-order valence-corrected chi connectivity index (χ2v) is 6.13. The van der Waals surface area contributed by atoms with Crippen LogP contribution in [0.3, 0.4) is 0 Å². The van der Waals surface area contributed by atoms with Gasteiger partial charge in [0.15, 0.2) is 0 Å². The number of amides is 1. The fraction of sp³-hybridized carbons (Fsp3) is 0.929. The van der Waals surface area contributed by atoms with E-state index in [0.29, 0.717) is 17.9 Å². The molecule has 0 aromatic rings. The molecule has 2 aliphatic rings.